The summed E-state index contributed by atoms with van der Waals surface area (Å²) in [6.07, 6.45) is 1.45. The molecule has 1 aromatic heterocycles. The molecule has 1 heterocycles. The minimum atomic E-state index is -3.42. The number of sulfonamides is 1. The molecule has 0 radical (unpaired) electrons. The molecule has 17 heavy (non-hydrogen) atoms. The zero-order chi connectivity index (χ0) is 12.9. The molecule has 1 aromatic rings. The van der Waals surface area contributed by atoms with Crippen LogP contribution in [-0.2, 0) is 16.6 Å². The van der Waals surface area contributed by atoms with Gasteiger partial charge in [0.05, 0.1) is 4.90 Å². The predicted molar refractivity (Wildman–Crippen MR) is 67.0 cm³/mol. The average Bonchev–Trinajstić information content (AvgIpc) is 2.77. The number of nitrogens with zero attached hydrogens (tertiary/aromatic N) is 1. The fourth-order valence-corrected chi connectivity index (χ4v) is 2.34. The van der Waals surface area contributed by atoms with Crippen molar-refractivity contribution < 1.29 is 8.42 Å². The second kappa shape index (κ2) is 6.15. The molecule has 0 aromatic carbocycles. The molecule has 0 amide bonds. The Labute approximate surface area is 102 Å². The normalized spacial score (nSPS) is 12.2. The summed E-state index contributed by atoms with van der Waals surface area (Å²) in [6.45, 7) is 4.30. The number of nitrogens with two attached hydrogens (primary N) is 1. The van der Waals surface area contributed by atoms with Crippen LogP contribution in [0.25, 0.3) is 0 Å². The van der Waals surface area contributed by atoms with Gasteiger partial charge in [0.1, 0.15) is 0 Å². The highest BCUT2D eigenvalue weighted by atomic mass is 32.2. The summed E-state index contributed by atoms with van der Waals surface area (Å²) < 4.78 is 26.2. The molecule has 0 bridgehead atoms. The lowest BCUT2D eigenvalue weighted by Crippen LogP contribution is -2.32. The van der Waals surface area contributed by atoms with Crippen molar-refractivity contribution in [2.45, 2.75) is 18.4 Å². The topological polar surface area (TPSA) is 91.2 Å². The molecule has 0 atom stereocenters. The predicted octanol–water partition coefficient (Wildman–Crippen LogP) is -0.297. The minimum absolute atomic E-state index is 0.233. The van der Waals surface area contributed by atoms with Gasteiger partial charge in [0.2, 0.25) is 10.0 Å². The van der Waals surface area contributed by atoms with E-state index in [-0.39, 0.29) is 4.90 Å². The van der Waals surface area contributed by atoms with E-state index in [2.05, 4.69) is 9.71 Å². The van der Waals surface area contributed by atoms with E-state index in [1.165, 1.54) is 6.20 Å². The molecule has 4 N–H and O–H groups in total. The summed E-state index contributed by atoms with van der Waals surface area (Å²) in [7, 11) is -1.48. The second-order valence-corrected chi connectivity index (χ2v) is 5.63. The maximum Gasteiger partial charge on any atom is 0.242 e. The standard InChI is InChI=1S/C10H20N4O2S/c1-3-14(2)5-4-13-17(15,16)10-6-9(7-11)12-8-10/h6,8,12-13H,3-5,7,11H2,1-2H3. The second-order valence-electron chi connectivity index (χ2n) is 3.86. The van der Waals surface area contributed by atoms with E-state index in [0.29, 0.717) is 25.3 Å². The van der Waals surface area contributed by atoms with Gasteiger partial charge >= 0.3 is 0 Å². The molecule has 0 aliphatic carbocycles. The van der Waals surface area contributed by atoms with Crippen molar-refractivity contribution in [3.05, 3.63) is 18.0 Å². The van der Waals surface area contributed by atoms with Gasteiger partial charge in [-0.3, -0.25) is 0 Å². The largest absolute Gasteiger partial charge is 0.363 e. The average molecular weight is 260 g/mol. The quantitative estimate of drug-likeness (QED) is 0.628. The summed E-state index contributed by atoms with van der Waals surface area (Å²) in [5.74, 6) is 0. The molecule has 0 fully saturated rings. The Bertz CT molecular complexity index is 441. The molecule has 1 rings (SSSR count). The maximum absolute atomic E-state index is 11.8. The molecule has 0 saturated heterocycles. The van der Waals surface area contributed by atoms with Gasteiger partial charge in [0.15, 0.2) is 0 Å². The lowest BCUT2D eigenvalue weighted by Gasteiger charge is -2.13. The number of H-pyrrole nitrogens is 1. The Morgan fingerprint density at radius 1 is 1.53 bits per heavy atom. The number of aromatic amines is 1. The van der Waals surface area contributed by atoms with Crippen molar-refractivity contribution in [3.63, 3.8) is 0 Å². The Morgan fingerprint density at radius 2 is 2.24 bits per heavy atom. The number of aromatic nitrogens is 1. The molecule has 6 nitrogen and oxygen atoms in total. The van der Waals surface area contributed by atoms with E-state index < -0.39 is 10.0 Å². The highest BCUT2D eigenvalue weighted by Crippen LogP contribution is 2.09. The maximum atomic E-state index is 11.8. The summed E-state index contributed by atoms with van der Waals surface area (Å²) in [5, 5.41) is 0. The molecule has 7 heteroatoms. The Kier molecular flexibility index (Phi) is 5.13. The van der Waals surface area contributed by atoms with Gasteiger partial charge in [0, 0.05) is 31.5 Å². The van der Waals surface area contributed by atoms with Crippen LogP contribution in [0.1, 0.15) is 12.6 Å². The van der Waals surface area contributed by atoms with Crippen LogP contribution in [0.5, 0.6) is 0 Å². The first-order valence-electron chi connectivity index (χ1n) is 5.55. The summed E-state index contributed by atoms with van der Waals surface area (Å²) in [6, 6.07) is 1.55. The highest BCUT2D eigenvalue weighted by molar-refractivity contribution is 7.89. The van der Waals surface area contributed by atoms with E-state index in [0.717, 1.165) is 6.54 Å². The zero-order valence-electron chi connectivity index (χ0n) is 10.2. The van der Waals surface area contributed by atoms with Crippen molar-refractivity contribution in [3.8, 4) is 0 Å². The number of nitrogens with one attached hydrogen (secondary N) is 2. The molecule has 0 spiro atoms. The summed E-state index contributed by atoms with van der Waals surface area (Å²) in [4.78, 5) is 5.08. The number of rotatable bonds is 7. The van der Waals surface area contributed by atoms with Crippen LogP contribution in [0.2, 0.25) is 0 Å². The van der Waals surface area contributed by atoms with Gasteiger partial charge in [0.25, 0.3) is 0 Å². The lowest BCUT2D eigenvalue weighted by atomic mass is 10.4. The molecule has 0 aliphatic heterocycles. The third-order valence-electron chi connectivity index (χ3n) is 2.57. The fraction of sp³-hybridized carbons (Fsp3) is 0.600. The number of likely N-dealkylation sites (N-methyl/N-ethyl adjacent to an activating group) is 1. The van der Waals surface area contributed by atoms with Gasteiger partial charge in [-0.05, 0) is 19.7 Å². The van der Waals surface area contributed by atoms with Gasteiger partial charge in [-0.2, -0.15) is 0 Å². The van der Waals surface area contributed by atoms with E-state index >= 15 is 0 Å². The Hall–Kier alpha value is -0.890. The SMILES string of the molecule is CCN(C)CCNS(=O)(=O)c1c[nH]c(CN)c1. The van der Waals surface area contributed by atoms with Crippen molar-refractivity contribution in [1.82, 2.24) is 14.6 Å². The molecular formula is C10H20N4O2S. The van der Waals surface area contributed by atoms with Gasteiger partial charge in [-0.25, -0.2) is 13.1 Å². The first kappa shape index (κ1) is 14.2. The van der Waals surface area contributed by atoms with Crippen LogP contribution in [0, 0.1) is 0 Å². The van der Waals surface area contributed by atoms with E-state index in [1.54, 1.807) is 6.07 Å². The summed E-state index contributed by atoms with van der Waals surface area (Å²) >= 11 is 0. The van der Waals surface area contributed by atoms with Gasteiger partial charge in [-0.15, -0.1) is 0 Å². The molecule has 0 saturated carbocycles. The van der Waals surface area contributed by atoms with Gasteiger partial charge < -0.3 is 15.6 Å². The van der Waals surface area contributed by atoms with Crippen LogP contribution in [0.15, 0.2) is 17.2 Å². The Morgan fingerprint density at radius 3 is 2.76 bits per heavy atom. The molecule has 98 valence electrons. The smallest absolute Gasteiger partial charge is 0.242 e. The molecule has 0 unspecified atom stereocenters. The van der Waals surface area contributed by atoms with Crippen LogP contribution in [-0.4, -0.2) is 45.0 Å². The van der Waals surface area contributed by atoms with Crippen LogP contribution >= 0.6 is 0 Å². The van der Waals surface area contributed by atoms with E-state index in [1.807, 2.05) is 18.9 Å². The highest BCUT2D eigenvalue weighted by Gasteiger charge is 2.15. The van der Waals surface area contributed by atoms with E-state index in [4.69, 9.17) is 5.73 Å². The van der Waals surface area contributed by atoms with Gasteiger partial charge in [-0.1, -0.05) is 6.92 Å². The van der Waals surface area contributed by atoms with Crippen LogP contribution in [0.3, 0.4) is 0 Å². The van der Waals surface area contributed by atoms with Crippen LogP contribution < -0.4 is 10.5 Å². The van der Waals surface area contributed by atoms with Crippen molar-refractivity contribution in [2.75, 3.05) is 26.7 Å². The lowest BCUT2D eigenvalue weighted by molar-refractivity contribution is 0.358. The summed E-state index contributed by atoms with van der Waals surface area (Å²) in [5.41, 5.74) is 6.12. The third-order valence-corrected chi connectivity index (χ3v) is 4.01. The van der Waals surface area contributed by atoms with Crippen molar-refractivity contribution >= 4 is 10.0 Å². The minimum Gasteiger partial charge on any atom is -0.363 e. The molecular weight excluding hydrogens is 240 g/mol. The number of hydrogen-bond acceptors (Lipinski definition) is 4. The molecule has 0 aliphatic rings. The Balaban J connectivity index is 2.56. The zero-order valence-corrected chi connectivity index (χ0v) is 11.0. The van der Waals surface area contributed by atoms with Crippen molar-refractivity contribution in [2.24, 2.45) is 5.73 Å². The monoisotopic (exact) mass is 260 g/mol. The first-order chi connectivity index (χ1) is 7.99. The van der Waals surface area contributed by atoms with Crippen molar-refractivity contribution in [1.29, 1.82) is 0 Å². The van der Waals surface area contributed by atoms with E-state index in [9.17, 15) is 8.42 Å². The third kappa shape index (κ3) is 4.12. The number of hydrogen-bond donors (Lipinski definition) is 3. The van der Waals surface area contributed by atoms with Crippen LogP contribution in [0.4, 0.5) is 0 Å². The first-order valence-corrected chi connectivity index (χ1v) is 7.03. The fourth-order valence-electron chi connectivity index (χ4n) is 1.30.